The number of aromatic nitrogens is 6. The van der Waals surface area contributed by atoms with Gasteiger partial charge in [0.2, 0.25) is 11.5 Å². The zero-order valence-corrected chi connectivity index (χ0v) is 14.2. The summed E-state index contributed by atoms with van der Waals surface area (Å²) in [6.45, 7) is 7.99. The van der Waals surface area contributed by atoms with Gasteiger partial charge < -0.3 is 9.42 Å². The van der Waals surface area contributed by atoms with Crippen LogP contribution in [0.4, 0.5) is 5.69 Å². The number of nitrogens with zero attached hydrogens (tertiary/aromatic N) is 7. The van der Waals surface area contributed by atoms with Crippen LogP contribution in [-0.4, -0.2) is 43.0 Å². The fourth-order valence-corrected chi connectivity index (χ4v) is 3.18. The lowest BCUT2D eigenvalue weighted by Crippen LogP contribution is -2.33. The first-order chi connectivity index (χ1) is 11.6. The number of piperidine rings is 1. The molecule has 8 nitrogen and oxygen atoms in total. The standard InChI is InChI=1S/C16H21N7O/c1-10(2)14-18-16(24-21-14)12-4-6-22(7-5-12)13-8-11(3)20-23-9-17-19-15(13)23/h8-10,12H,4-7H2,1-3H3. The number of hydrogen-bond acceptors (Lipinski definition) is 7. The van der Waals surface area contributed by atoms with Gasteiger partial charge in [0.05, 0.1) is 11.4 Å². The van der Waals surface area contributed by atoms with Gasteiger partial charge >= 0.3 is 0 Å². The van der Waals surface area contributed by atoms with Crippen LogP contribution in [0.2, 0.25) is 0 Å². The van der Waals surface area contributed by atoms with Gasteiger partial charge in [-0.25, -0.2) is 0 Å². The summed E-state index contributed by atoms with van der Waals surface area (Å²) in [7, 11) is 0. The highest BCUT2D eigenvalue weighted by molar-refractivity contribution is 5.68. The number of hydrogen-bond donors (Lipinski definition) is 0. The Kier molecular flexibility index (Phi) is 3.66. The Morgan fingerprint density at radius 1 is 1.25 bits per heavy atom. The van der Waals surface area contributed by atoms with E-state index in [0.717, 1.165) is 54.7 Å². The van der Waals surface area contributed by atoms with Crippen molar-refractivity contribution in [3.05, 3.63) is 29.8 Å². The van der Waals surface area contributed by atoms with E-state index in [1.165, 1.54) is 0 Å². The molecule has 0 atom stereocenters. The van der Waals surface area contributed by atoms with Gasteiger partial charge in [-0.2, -0.15) is 14.6 Å². The Morgan fingerprint density at radius 2 is 2.04 bits per heavy atom. The molecule has 0 amide bonds. The highest BCUT2D eigenvalue weighted by atomic mass is 16.5. The minimum Gasteiger partial charge on any atom is -0.368 e. The molecule has 0 radical (unpaired) electrons. The van der Waals surface area contributed by atoms with E-state index in [-0.39, 0.29) is 0 Å². The van der Waals surface area contributed by atoms with E-state index in [9.17, 15) is 0 Å². The van der Waals surface area contributed by atoms with Crippen molar-refractivity contribution >= 4 is 11.3 Å². The molecular formula is C16H21N7O. The summed E-state index contributed by atoms with van der Waals surface area (Å²) in [5.41, 5.74) is 2.85. The van der Waals surface area contributed by atoms with E-state index in [0.29, 0.717) is 11.8 Å². The van der Waals surface area contributed by atoms with Crippen molar-refractivity contribution in [2.24, 2.45) is 0 Å². The third-order valence-electron chi connectivity index (χ3n) is 4.53. The molecular weight excluding hydrogens is 306 g/mol. The summed E-state index contributed by atoms with van der Waals surface area (Å²) >= 11 is 0. The molecule has 0 spiro atoms. The predicted molar refractivity (Wildman–Crippen MR) is 88.1 cm³/mol. The van der Waals surface area contributed by atoms with Gasteiger partial charge in [0.25, 0.3) is 0 Å². The van der Waals surface area contributed by atoms with Crippen molar-refractivity contribution in [1.29, 1.82) is 0 Å². The highest BCUT2D eigenvalue weighted by Crippen LogP contribution is 2.31. The van der Waals surface area contributed by atoms with Crippen molar-refractivity contribution in [3.8, 4) is 0 Å². The Hall–Kier alpha value is -2.51. The first kappa shape index (κ1) is 15.0. The molecule has 0 bridgehead atoms. The van der Waals surface area contributed by atoms with E-state index in [4.69, 9.17) is 4.52 Å². The molecule has 3 aromatic rings. The average molecular weight is 327 g/mol. The Bertz CT molecular complexity index is 845. The van der Waals surface area contributed by atoms with Gasteiger partial charge in [-0.1, -0.05) is 19.0 Å². The van der Waals surface area contributed by atoms with Crippen molar-refractivity contribution in [2.75, 3.05) is 18.0 Å². The topological polar surface area (TPSA) is 85.2 Å². The van der Waals surface area contributed by atoms with Crippen LogP contribution in [0.3, 0.4) is 0 Å². The van der Waals surface area contributed by atoms with Crippen LogP contribution in [0.5, 0.6) is 0 Å². The molecule has 1 saturated heterocycles. The lowest BCUT2D eigenvalue weighted by Gasteiger charge is -2.32. The maximum absolute atomic E-state index is 5.47. The van der Waals surface area contributed by atoms with Crippen LogP contribution in [0.1, 0.15) is 55.9 Å². The second-order valence-corrected chi connectivity index (χ2v) is 6.68. The number of anilines is 1. The SMILES string of the molecule is Cc1cc(N2CCC(c3nc(C(C)C)no3)CC2)c2nncn2n1. The summed E-state index contributed by atoms with van der Waals surface area (Å²) < 4.78 is 7.21. The minimum absolute atomic E-state index is 0.295. The maximum Gasteiger partial charge on any atom is 0.229 e. The van der Waals surface area contributed by atoms with Gasteiger partial charge in [0.1, 0.15) is 6.33 Å². The third-order valence-corrected chi connectivity index (χ3v) is 4.53. The molecule has 0 aromatic carbocycles. The van der Waals surface area contributed by atoms with Gasteiger partial charge in [0.15, 0.2) is 5.82 Å². The number of aryl methyl sites for hydroxylation is 1. The average Bonchev–Trinajstić information content (AvgIpc) is 3.23. The molecule has 1 fully saturated rings. The summed E-state index contributed by atoms with van der Waals surface area (Å²) in [4.78, 5) is 6.90. The number of fused-ring (bicyclic) bond motifs is 1. The van der Waals surface area contributed by atoms with E-state index >= 15 is 0 Å². The largest absolute Gasteiger partial charge is 0.368 e. The Labute approximate surface area is 139 Å². The summed E-state index contributed by atoms with van der Waals surface area (Å²) in [5, 5.41) is 16.7. The van der Waals surface area contributed by atoms with Crippen molar-refractivity contribution in [2.45, 2.75) is 45.4 Å². The fraction of sp³-hybridized carbons (Fsp3) is 0.562. The van der Waals surface area contributed by atoms with Crippen LogP contribution >= 0.6 is 0 Å². The highest BCUT2D eigenvalue weighted by Gasteiger charge is 2.27. The van der Waals surface area contributed by atoms with Gasteiger partial charge in [0, 0.05) is 24.9 Å². The Balaban J connectivity index is 1.52. The first-order valence-electron chi connectivity index (χ1n) is 8.38. The maximum atomic E-state index is 5.47. The summed E-state index contributed by atoms with van der Waals surface area (Å²) in [6, 6.07) is 2.08. The molecule has 3 aromatic heterocycles. The van der Waals surface area contributed by atoms with Crippen LogP contribution in [0, 0.1) is 6.92 Å². The minimum atomic E-state index is 0.295. The van der Waals surface area contributed by atoms with Gasteiger partial charge in [-0.15, -0.1) is 10.2 Å². The van der Waals surface area contributed by atoms with Crippen LogP contribution in [0.15, 0.2) is 16.9 Å². The van der Waals surface area contributed by atoms with Crippen molar-refractivity contribution < 1.29 is 4.52 Å². The van der Waals surface area contributed by atoms with Crippen LogP contribution in [-0.2, 0) is 0 Å². The number of rotatable bonds is 3. The molecule has 0 aliphatic carbocycles. The third kappa shape index (κ3) is 2.61. The Morgan fingerprint density at radius 3 is 2.75 bits per heavy atom. The zero-order valence-electron chi connectivity index (χ0n) is 14.2. The molecule has 4 rings (SSSR count). The van der Waals surface area contributed by atoms with E-state index in [2.05, 4.69) is 50.3 Å². The fourth-order valence-electron chi connectivity index (χ4n) is 3.18. The van der Waals surface area contributed by atoms with E-state index in [1.54, 1.807) is 10.8 Å². The molecule has 0 N–H and O–H groups in total. The zero-order chi connectivity index (χ0) is 16.7. The van der Waals surface area contributed by atoms with Crippen molar-refractivity contribution in [1.82, 2.24) is 30.0 Å². The molecule has 24 heavy (non-hydrogen) atoms. The summed E-state index contributed by atoms with van der Waals surface area (Å²) in [5.74, 6) is 2.20. The molecule has 0 saturated carbocycles. The molecule has 0 unspecified atom stereocenters. The lowest BCUT2D eigenvalue weighted by atomic mass is 9.96. The molecule has 1 aliphatic rings. The van der Waals surface area contributed by atoms with Crippen LogP contribution in [0.25, 0.3) is 5.65 Å². The van der Waals surface area contributed by atoms with Crippen LogP contribution < -0.4 is 4.90 Å². The van der Waals surface area contributed by atoms with E-state index < -0.39 is 0 Å². The second-order valence-electron chi connectivity index (χ2n) is 6.68. The second kappa shape index (κ2) is 5.85. The monoisotopic (exact) mass is 327 g/mol. The molecule has 4 heterocycles. The normalized spacial score (nSPS) is 16.4. The smallest absolute Gasteiger partial charge is 0.229 e. The predicted octanol–water partition coefficient (Wildman–Crippen LogP) is 2.32. The summed E-state index contributed by atoms with van der Waals surface area (Å²) in [6.07, 6.45) is 3.62. The molecule has 8 heteroatoms. The first-order valence-corrected chi connectivity index (χ1v) is 8.38. The van der Waals surface area contributed by atoms with Crippen molar-refractivity contribution in [3.63, 3.8) is 0 Å². The quantitative estimate of drug-likeness (QED) is 0.729. The van der Waals surface area contributed by atoms with E-state index in [1.807, 2.05) is 6.92 Å². The molecule has 126 valence electrons. The lowest BCUT2D eigenvalue weighted by molar-refractivity contribution is 0.326. The van der Waals surface area contributed by atoms with Gasteiger partial charge in [-0.05, 0) is 25.8 Å². The van der Waals surface area contributed by atoms with Gasteiger partial charge in [-0.3, -0.25) is 0 Å². The molecule has 1 aliphatic heterocycles.